The van der Waals surface area contributed by atoms with E-state index in [9.17, 15) is 4.79 Å². The number of amides is 2. The summed E-state index contributed by atoms with van der Waals surface area (Å²) in [7, 11) is 3.97. The smallest absolute Gasteiger partial charge is 0.317 e. The van der Waals surface area contributed by atoms with Gasteiger partial charge in [0.1, 0.15) is 0 Å². The van der Waals surface area contributed by atoms with E-state index in [2.05, 4.69) is 29.1 Å². The fourth-order valence-electron chi connectivity index (χ4n) is 3.39. The van der Waals surface area contributed by atoms with Crippen LogP contribution in [0.2, 0.25) is 10.0 Å². The van der Waals surface area contributed by atoms with Crippen LogP contribution in [0.25, 0.3) is 0 Å². The summed E-state index contributed by atoms with van der Waals surface area (Å²) in [6.07, 6.45) is 1.97. The molecule has 0 aliphatic carbocycles. The zero-order chi connectivity index (χ0) is 21.0. The van der Waals surface area contributed by atoms with Crippen LogP contribution in [0.4, 0.5) is 4.79 Å². The second kappa shape index (κ2) is 9.86. The predicted octanol–water partition coefficient (Wildman–Crippen LogP) is 5.25. The fourth-order valence-corrected chi connectivity index (χ4v) is 4.51. The highest BCUT2D eigenvalue weighted by Gasteiger charge is 2.25. The Labute approximate surface area is 186 Å². The van der Waals surface area contributed by atoms with Crippen molar-refractivity contribution in [2.75, 3.05) is 27.2 Å². The molecule has 1 aliphatic heterocycles. The molecule has 0 spiro atoms. The van der Waals surface area contributed by atoms with E-state index in [-0.39, 0.29) is 18.1 Å². The van der Waals surface area contributed by atoms with E-state index in [1.807, 2.05) is 43.6 Å². The molecule has 4 nitrogen and oxygen atoms in total. The number of hydrogen-bond donors (Lipinski definition) is 1. The average Bonchev–Trinajstić information content (AvgIpc) is 3.22. The molecule has 154 valence electrons. The van der Waals surface area contributed by atoms with Gasteiger partial charge in [-0.3, -0.25) is 0 Å². The van der Waals surface area contributed by atoms with Gasteiger partial charge in [0.2, 0.25) is 0 Å². The summed E-state index contributed by atoms with van der Waals surface area (Å²) in [6.45, 7) is 3.93. The van der Waals surface area contributed by atoms with Crippen LogP contribution in [0.15, 0.2) is 29.6 Å². The van der Waals surface area contributed by atoms with Gasteiger partial charge in [0.05, 0.1) is 21.0 Å². The van der Waals surface area contributed by atoms with Crippen molar-refractivity contribution in [2.45, 2.75) is 31.8 Å². The summed E-state index contributed by atoms with van der Waals surface area (Å²) in [5, 5.41) is 5.87. The minimum atomic E-state index is -0.263. The minimum Gasteiger partial charge on any atom is -0.331 e. The van der Waals surface area contributed by atoms with Crippen LogP contribution in [-0.4, -0.2) is 49.1 Å². The van der Waals surface area contributed by atoms with Crippen molar-refractivity contribution in [2.24, 2.45) is 0 Å². The average molecular weight is 450 g/mol. The molecule has 0 radical (unpaired) electrons. The van der Waals surface area contributed by atoms with Crippen molar-refractivity contribution < 1.29 is 4.79 Å². The maximum Gasteiger partial charge on any atom is 0.317 e. The molecule has 1 aromatic heterocycles. The Morgan fingerprint density at radius 3 is 2.62 bits per heavy atom. The second-order valence-electron chi connectivity index (χ2n) is 7.37. The van der Waals surface area contributed by atoms with Crippen LogP contribution in [-0.2, 0) is 0 Å². The van der Waals surface area contributed by atoms with Crippen LogP contribution in [0.5, 0.6) is 0 Å². The number of halogens is 2. The normalized spacial score (nSPS) is 16.0. The first-order valence-electron chi connectivity index (χ1n) is 9.62. The first-order chi connectivity index (χ1) is 13.9. The SMILES string of the molecule is CC(NC(=O)N(C)C1CCN(C)CC1)c1ccc(C#Cc2cccs2)c(Cl)c1Cl. The van der Waals surface area contributed by atoms with Crippen molar-refractivity contribution in [1.29, 1.82) is 0 Å². The zero-order valence-corrected chi connectivity index (χ0v) is 19.2. The lowest BCUT2D eigenvalue weighted by molar-refractivity contribution is 0.146. The predicted molar refractivity (Wildman–Crippen MR) is 122 cm³/mol. The minimum absolute atomic E-state index is 0.0965. The molecule has 2 heterocycles. The molecule has 1 aromatic carbocycles. The van der Waals surface area contributed by atoms with Crippen molar-refractivity contribution in [3.05, 3.63) is 55.7 Å². The molecule has 0 saturated carbocycles. The van der Waals surface area contributed by atoms with Gasteiger partial charge in [0.25, 0.3) is 0 Å². The number of benzene rings is 1. The number of piperidine rings is 1. The number of rotatable bonds is 3. The lowest BCUT2D eigenvalue weighted by Crippen LogP contribution is -2.48. The van der Waals surface area contributed by atoms with Gasteiger partial charge in [-0.05, 0) is 63.0 Å². The first-order valence-corrected chi connectivity index (χ1v) is 11.3. The van der Waals surface area contributed by atoms with Crippen molar-refractivity contribution >= 4 is 40.6 Å². The maximum atomic E-state index is 12.7. The monoisotopic (exact) mass is 449 g/mol. The highest BCUT2D eigenvalue weighted by Crippen LogP contribution is 2.33. The molecule has 2 aromatic rings. The summed E-state index contributed by atoms with van der Waals surface area (Å²) >= 11 is 14.5. The summed E-state index contributed by atoms with van der Waals surface area (Å²) in [4.78, 5) is 17.8. The lowest BCUT2D eigenvalue weighted by Gasteiger charge is -2.35. The van der Waals surface area contributed by atoms with Crippen molar-refractivity contribution in [3.63, 3.8) is 0 Å². The van der Waals surface area contributed by atoms with Crippen LogP contribution in [0.1, 0.15) is 41.8 Å². The number of likely N-dealkylation sites (tertiary alicyclic amines) is 1. The van der Waals surface area contributed by atoms with E-state index in [0.29, 0.717) is 15.6 Å². The van der Waals surface area contributed by atoms with Crippen LogP contribution in [0.3, 0.4) is 0 Å². The summed E-state index contributed by atoms with van der Waals surface area (Å²) in [6, 6.07) is 7.55. The number of urea groups is 1. The molecule has 0 bridgehead atoms. The Balaban J connectivity index is 1.68. The number of nitrogens with zero attached hydrogens (tertiary/aromatic N) is 2. The van der Waals surface area contributed by atoms with Gasteiger partial charge in [-0.1, -0.05) is 47.2 Å². The fraction of sp³-hybridized carbons (Fsp3) is 0.409. The molecule has 1 unspecified atom stereocenters. The molecule has 1 atom stereocenters. The molecular weight excluding hydrogens is 425 g/mol. The van der Waals surface area contributed by atoms with Crippen molar-refractivity contribution in [1.82, 2.24) is 15.1 Å². The van der Waals surface area contributed by atoms with E-state index in [0.717, 1.165) is 36.4 Å². The zero-order valence-electron chi connectivity index (χ0n) is 16.8. The third kappa shape index (κ3) is 5.46. The molecule has 7 heteroatoms. The van der Waals surface area contributed by atoms with Gasteiger partial charge in [-0.15, -0.1) is 11.3 Å². The second-order valence-corrected chi connectivity index (χ2v) is 9.08. The van der Waals surface area contributed by atoms with Crippen LogP contribution < -0.4 is 5.32 Å². The Hall–Kier alpha value is -1.71. The van der Waals surface area contributed by atoms with Gasteiger partial charge in [0, 0.05) is 18.7 Å². The summed E-state index contributed by atoms with van der Waals surface area (Å²) < 4.78 is 0. The number of thiophene rings is 1. The number of hydrogen-bond acceptors (Lipinski definition) is 3. The number of carbonyl (C=O) groups is 1. The number of nitrogens with one attached hydrogen (secondary N) is 1. The Morgan fingerprint density at radius 1 is 1.24 bits per heavy atom. The van der Waals surface area contributed by atoms with Crippen LogP contribution >= 0.6 is 34.5 Å². The Morgan fingerprint density at radius 2 is 1.97 bits per heavy atom. The maximum absolute atomic E-state index is 12.7. The highest BCUT2D eigenvalue weighted by molar-refractivity contribution is 7.10. The standard InChI is InChI=1S/C22H25Cl2N3OS/c1-15(25-22(28)27(3)17-10-12-26(2)13-11-17)19-9-7-16(20(23)21(19)24)6-8-18-5-4-14-29-18/h4-5,7,9,14-15,17H,10-13H2,1-3H3,(H,25,28). The number of carbonyl (C=O) groups excluding carboxylic acids is 1. The molecule has 1 aliphatic rings. The quantitative estimate of drug-likeness (QED) is 0.649. The van der Waals surface area contributed by atoms with Crippen LogP contribution in [0, 0.1) is 11.8 Å². The molecule has 1 fully saturated rings. The van der Waals surface area contributed by atoms with Gasteiger partial charge in [-0.25, -0.2) is 4.79 Å². The van der Waals surface area contributed by atoms with E-state index in [1.165, 1.54) is 0 Å². The molecule has 29 heavy (non-hydrogen) atoms. The molecule has 3 rings (SSSR count). The van der Waals surface area contributed by atoms with Gasteiger partial charge in [-0.2, -0.15) is 0 Å². The third-order valence-corrected chi connectivity index (χ3v) is 7.00. The van der Waals surface area contributed by atoms with Gasteiger partial charge >= 0.3 is 6.03 Å². The summed E-state index contributed by atoms with van der Waals surface area (Å²) in [5.41, 5.74) is 1.46. The Kier molecular flexibility index (Phi) is 7.48. The van der Waals surface area contributed by atoms with E-state index >= 15 is 0 Å². The topological polar surface area (TPSA) is 35.6 Å². The Bertz CT molecular complexity index is 912. The van der Waals surface area contributed by atoms with E-state index in [4.69, 9.17) is 23.2 Å². The van der Waals surface area contributed by atoms with Crippen molar-refractivity contribution in [3.8, 4) is 11.8 Å². The largest absolute Gasteiger partial charge is 0.331 e. The summed E-state index contributed by atoms with van der Waals surface area (Å²) in [5.74, 6) is 6.16. The molecule has 2 amide bonds. The molecule has 1 N–H and O–H groups in total. The lowest BCUT2D eigenvalue weighted by atomic mass is 10.0. The first kappa shape index (κ1) is 22.0. The van der Waals surface area contributed by atoms with Gasteiger partial charge < -0.3 is 15.1 Å². The molecule has 1 saturated heterocycles. The molecular formula is C22H25Cl2N3OS. The van der Waals surface area contributed by atoms with Gasteiger partial charge in [0.15, 0.2) is 0 Å². The highest BCUT2D eigenvalue weighted by atomic mass is 35.5. The van der Waals surface area contributed by atoms with E-state index in [1.54, 1.807) is 16.2 Å². The third-order valence-electron chi connectivity index (χ3n) is 5.32. The van der Waals surface area contributed by atoms with E-state index < -0.39 is 0 Å².